The topological polar surface area (TPSA) is 27.3 Å². The van der Waals surface area contributed by atoms with Crippen molar-refractivity contribution in [2.24, 2.45) is 5.41 Å². The lowest BCUT2D eigenvalue weighted by Gasteiger charge is -2.20. The van der Waals surface area contributed by atoms with E-state index in [-0.39, 0.29) is 0 Å². The highest BCUT2D eigenvalue weighted by Crippen LogP contribution is 2.36. The van der Waals surface area contributed by atoms with Crippen LogP contribution in [0.4, 0.5) is 0 Å². The molecule has 0 heterocycles. The maximum Gasteiger partial charge on any atom is 0.166 e. The Morgan fingerprint density at radius 3 is 2.62 bits per heavy atom. The monoisotopic (exact) mass is 243 g/mol. The number of nitrogens with one attached hydrogen (secondary N) is 2. The van der Waals surface area contributed by atoms with E-state index in [0.717, 1.165) is 18.2 Å². The van der Waals surface area contributed by atoms with Crippen LogP contribution >= 0.6 is 12.2 Å². The van der Waals surface area contributed by atoms with Crippen LogP contribution in [-0.4, -0.2) is 43.2 Å². The van der Waals surface area contributed by atoms with E-state index in [0.29, 0.717) is 11.5 Å². The molecule has 1 rings (SSSR count). The first-order valence-electron chi connectivity index (χ1n) is 6.08. The van der Waals surface area contributed by atoms with E-state index in [1.54, 1.807) is 0 Å². The fraction of sp³-hybridized carbons (Fsp3) is 0.917. The standard InChI is InChI=1S/C12H25N3S/c1-12(2)6-5-10(9-12)14-11(16)13-7-8-15(3)4/h10H,5-9H2,1-4H3,(H2,13,14,16). The van der Waals surface area contributed by atoms with Gasteiger partial charge in [0.15, 0.2) is 5.11 Å². The summed E-state index contributed by atoms with van der Waals surface area (Å²) in [6.07, 6.45) is 3.76. The number of hydrogen-bond donors (Lipinski definition) is 2. The Morgan fingerprint density at radius 2 is 2.12 bits per heavy atom. The molecule has 0 aromatic rings. The molecule has 16 heavy (non-hydrogen) atoms. The van der Waals surface area contributed by atoms with E-state index in [1.807, 2.05) is 0 Å². The van der Waals surface area contributed by atoms with Gasteiger partial charge in [-0.15, -0.1) is 0 Å². The molecule has 1 unspecified atom stereocenters. The third-order valence-corrected chi connectivity index (χ3v) is 3.41. The van der Waals surface area contributed by atoms with Crippen LogP contribution in [0.5, 0.6) is 0 Å². The summed E-state index contributed by atoms with van der Waals surface area (Å²) in [5.74, 6) is 0. The Kier molecular flexibility index (Phi) is 4.99. The Balaban J connectivity index is 2.15. The highest BCUT2D eigenvalue weighted by atomic mass is 32.1. The molecular formula is C12H25N3S. The van der Waals surface area contributed by atoms with E-state index < -0.39 is 0 Å². The molecule has 0 aliphatic heterocycles. The fourth-order valence-electron chi connectivity index (χ4n) is 2.19. The van der Waals surface area contributed by atoms with Gasteiger partial charge < -0.3 is 15.5 Å². The van der Waals surface area contributed by atoms with Crippen LogP contribution in [0.1, 0.15) is 33.1 Å². The molecule has 0 spiro atoms. The molecule has 0 amide bonds. The smallest absolute Gasteiger partial charge is 0.166 e. The Bertz CT molecular complexity index is 238. The van der Waals surface area contributed by atoms with Gasteiger partial charge >= 0.3 is 0 Å². The molecule has 94 valence electrons. The first-order valence-corrected chi connectivity index (χ1v) is 6.49. The summed E-state index contributed by atoms with van der Waals surface area (Å²) in [5.41, 5.74) is 0.483. The molecule has 0 bridgehead atoms. The van der Waals surface area contributed by atoms with Gasteiger partial charge in [-0.1, -0.05) is 13.8 Å². The van der Waals surface area contributed by atoms with Crippen molar-refractivity contribution < 1.29 is 0 Å². The number of rotatable bonds is 4. The lowest BCUT2D eigenvalue weighted by atomic mass is 9.92. The third kappa shape index (κ3) is 5.12. The second-order valence-corrected chi connectivity index (χ2v) is 6.22. The van der Waals surface area contributed by atoms with Gasteiger partial charge in [-0.2, -0.15) is 0 Å². The zero-order valence-electron chi connectivity index (χ0n) is 11.0. The predicted molar refractivity (Wildman–Crippen MR) is 73.7 cm³/mol. The molecule has 1 atom stereocenters. The summed E-state index contributed by atoms with van der Waals surface area (Å²) < 4.78 is 0. The summed E-state index contributed by atoms with van der Waals surface area (Å²) in [6, 6.07) is 0.564. The normalized spacial score (nSPS) is 23.4. The van der Waals surface area contributed by atoms with Crippen LogP contribution in [0.25, 0.3) is 0 Å². The first kappa shape index (κ1) is 13.7. The molecule has 0 aromatic heterocycles. The highest BCUT2D eigenvalue weighted by Gasteiger charge is 2.30. The first-order chi connectivity index (χ1) is 7.39. The summed E-state index contributed by atoms with van der Waals surface area (Å²) in [6.45, 7) is 6.58. The van der Waals surface area contributed by atoms with Crippen molar-refractivity contribution >= 4 is 17.3 Å². The largest absolute Gasteiger partial charge is 0.361 e. The van der Waals surface area contributed by atoms with Crippen molar-refractivity contribution in [3.05, 3.63) is 0 Å². The number of nitrogens with zero attached hydrogens (tertiary/aromatic N) is 1. The quantitative estimate of drug-likeness (QED) is 0.733. The lowest BCUT2D eigenvalue weighted by Crippen LogP contribution is -2.43. The Labute approximate surface area is 105 Å². The molecule has 1 aliphatic rings. The van der Waals surface area contributed by atoms with Crippen molar-refractivity contribution in [3.63, 3.8) is 0 Å². The van der Waals surface area contributed by atoms with E-state index in [4.69, 9.17) is 12.2 Å². The van der Waals surface area contributed by atoms with Gasteiger partial charge in [0.2, 0.25) is 0 Å². The average Bonchev–Trinajstić information content (AvgIpc) is 2.44. The zero-order valence-corrected chi connectivity index (χ0v) is 11.8. The molecule has 1 aliphatic carbocycles. The summed E-state index contributed by atoms with van der Waals surface area (Å²) in [4.78, 5) is 2.15. The van der Waals surface area contributed by atoms with Crippen LogP contribution in [0.15, 0.2) is 0 Å². The second-order valence-electron chi connectivity index (χ2n) is 5.81. The van der Waals surface area contributed by atoms with Gasteiger partial charge in [0.1, 0.15) is 0 Å². The van der Waals surface area contributed by atoms with Gasteiger partial charge in [-0.25, -0.2) is 0 Å². The van der Waals surface area contributed by atoms with Crippen LogP contribution in [0.2, 0.25) is 0 Å². The minimum absolute atomic E-state index is 0.483. The molecule has 1 fully saturated rings. The minimum atomic E-state index is 0.483. The molecule has 1 saturated carbocycles. The molecule has 2 N–H and O–H groups in total. The SMILES string of the molecule is CN(C)CCNC(=S)NC1CCC(C)(C)C1. The van der Waals surface area contributed by atoms with Gasteiger partial charge in [0, 0.05) is 19.1 Å². The second kappa shape index (κ2) is 5.82. The average molecular weight is 243 g/mol. The number of thiocarbonyl (C=S) groups is 1. The summed E-state index contributed by atoms with van der Waals surface area (Å²) >= 11 is 5.28. The fourth-order valence-corrected chi connectivity index (χ4v) is 2.46. The van der Waals surface area contributed by atoms with Crippen LogP contribution < -0.4 is 10.6 Å². The summed E-state index contributed by atoms with van der Waals surface area (Å²) in [7, 11) is 4.13. The lowest BCUT2D eigenvalue weighted by molar-refractivity contribution is 0.372. The van der Waals surface area contributed by atoms with Crippen molar-refractivity contribution in [3.8, 4) is 0 Å². The predicted octanol–water partition coefficient (Wildman–Crippen LogP) is 1.59. The van der Waals surface area contributed by atoms with Gasteiger partial charge in [0.25, 0.3) is 0 Å². The maximum atomic E-state index is 5.28. The summed E-state index contributed by atoms with van der Waals surface area (Å²) in [5, 5.41) is 7.47. The van der Waals surface area contributed by atoms with Crippen molar-refractivity contribution in [1.29, 1.82) is 0 Å². The zero-order chi connectivity index (χ0) is 12.2. The van der Waals surface area contributed by atoms with Gasteiger partial charge in [-0.05, 0) is 51.0 Å². The molecular weight excluding hydrogens is 218 g/mol. The molecule has 3 nitrogen and oxygen atoms in total. The van der Waals surface area contributed by atoms with Gasteiger partial charge in [-0.3, -0.25) is 0 Å². The minimum Gasteiger partial charge on any atom is -0.361 e. The molecule has 4 heteroatoms. The Hall–Kier alpha value is -0.350. The van der Waals surface area contributed by atoms with Crippen molar-refractivity contribution in [2.75, 3.05) is 27.2 Å². The van der Waals surface area contributed by atoms with E-state index in [9.17, 15) is 0 Å². The van der Waals surface area contributed by atoms with Crippen LogP contribution in [0.3, 0.4) is 0 Å². The molecule has 0 saturated heterocycles. The van der Waals surface area contributed by atoms with Crippen molar-refractivity contribution in [1.82, 2.24) is 15.5 Å². The van der Waals surface area contributed by atoms with Crippen LogP contribution in [-0.2, 0) is 0 Å². The maximum absolute atomic E-state index is 5.28. The Morgan fingerprint density at radius 1 is 1.44 bits per heavy atom. The number of likely N-dealkylation sites (N-methyl/N-ethyl adjacent to an activating group) is 1. The highest BCUT2D eigenvalue weighted by molar-refractivity contribution is 7.80. The van der Waals surface area contributed by atoms with E-state index in [1.165, 1.54) is 19.3 Å². The molecule has 0 radical (unpaired) electrons. The van der Waals surface area contributed by atoms with Crippen molar-refractivity contribution in [2.45, 2.75) is 39.2 Å². The van der Waals surface area contributed by atoms with E-state index in [2.05, 4.69) is 43.5 Å². The van der Waals surface area contributed by atoms with E-state index >= 15 is 0 Å². The molecule has 0 aromatic carbocycles. The van der Waals surface area contributed by atoms with Crippen LogP contribution in [0, 0.1) is 5.41 Å². The van der Waals surface area contributed by atoms with Gasteiger partial charge in [0.05, 0.1) is 0 Å². The third-order valence-electron chi connectivity index (χ3n) is 3.15. The number of hydrogen-bond acceptors (Lipinski definition) is 2.